The molecule has 1 aliphatic rings. The molecule has 0 bridgehead atoms. The number of ether oxygens (including phenoxy) is 1. The van der Waals surface area contributed by atoms with Crippen LogP contribution in [0.3, 0.4) is 0 Å². The van der Waals surface area contributed by atoms with Crippen molar-refractivity contribution in [1.29, 1.82) is 0 Å². The van der Waals surface area contributed by atoms with Crippen LogP contribution in [0.15, 0.2) is 59.7 Å². The molecule has 0 aromatic heterocycles. The number of hydrogen-bond donors (Lipinski definition) is 1. The number of anilines is 1. The lowest BCUT2D eigenvalue weighted by Gasteiger charge is -2.17. The van der Waals surface area contributed by atoms with Gasteiger partial charge in [-0.05, 0) is 12.1 Å². The van der Waals surface area contributed by atoms with E-state index in [4.69, 9.17) is 10.5 Å². The maximum absolute atomic E-state index is 12.7. The third-order valence-corrected chi connectivity index (χ3v) is 3.89. The molecule has 0 saturated heterocycles. The predicted octanol–water partition coefficient (Wildman–Crippen LogP) is 1.86. The van der Waals surface area contributed by atoms with Gasteiger partial charge in [-0.2, -0.15) is 5.10 Å². The lowest BCUT2D eigenvalue weighted by atomic mass is 9.96. The second-order valence-electron chi connectivity index (χ2n) is 5.39. The quantitative estimate of drug-likeness (QED) is 0.851. The Hall–Kier alpha value is -3.15. The van der Waals surface area contributed by atoms with Crippen molar-refractivity contribution < 1.29 is 14.3 Å². The molecule has 2 aromatic carbocycles. The summed E-state index contributed by atoms with van der Waals surface area (Å²) in [5.41, 5.74) is 6.80. The lowest BCUT2D eigenvalue weighted by molar-refractivity contribution is -0.119. The largest absolute Gasteiger partial charge is 0.495 e. The number of rotatable bonds is 5. The summed E-state index contributed by atoms with van der Waals surface area (Å²) in [5.74, 6) is -1.02. The van der Waals surface area contributed by atoms with E-state index < -0.39 is 11.8 Å². The Morgan fingerprint density at radius 1 is 1.12 bits per heavy atom. The molecule has 6 nitrogen and oxygen atoms in total. The second kappa shape index (κ2) is 6.54. The summed E-state index contributed by atoms with van der Waals surface area (Å²) < 4.78 is 5.32. The number of hydrogen-bond acceptors (Lipinski definition) is 5. The third kappa shape index (κ3) is 2.86. The maximum Gasteiger partial charge on any atom is 0.228 e. The standard InChI is InChI=1S/C18H17N3O3/c1-24-15-10-6-5-9-14(15)21-11-13(18(19)23)16(20-21)17(22)12-7-3-2-4-8-12/h2-10,13H,11H2,1H3,(H2,19,23)/t13-/m1/s1. The molecule has 0 spiro atoms. The van der Waals surface area contributed by atoms with Crippen LogP contribution in [0, 0.1) is 5.92 Å². The van der Waals surface area contributed by atoms with E-state index in [1.54, 1.807) is 42.5 Å². The second-order valence-corrected chi connectivity index (χ2v) is 5.39. The molecule has 1 amide bonds. The van der Waals surface area contributed by atoms with Crippen molar-refractivity contribution in [3.05, 3.63) is 60.2 Å². The number of carbonyl (C=O) groups excluding carboxylic acids is 2. The summed E-state index contributed by atoms with van der Waals surface area (Å²) in [6.07, 6.45) is 0. The van der Waals surface area contributed by atoms with Gasteiger partial charge >= 0.3 is 0 Å². The van der Waals surface area contributed by atoms with E-state index in [0.717, 1.165) is 0 Å². The molecule has 6 heteroatoms. The smallest absolute Gasteiger partial charge is 0.228 e. The highest BCUT2D eigenvalue weighted by molar-refractivity contribution is 6.49. The van der Waals surface area contributed by atoms with Crippen molar-refractivity contribution >= 4 is 23.1 Å². The number of carbonyl (C=O) groups is 2. The minimum absolute atomic E-state index is 0.152. The van der Waals surface area contributed by atoms with Gasteiger partial charge in [0.05, 0.1) is 13.7 Å². The molecular weight excluding hydrogens is 306 g/mol. The van der Waals surface area contributed by atoms with Crippen molar-refractivity contribution in [3.8, 4) is 5.75 Å². The van der Waals surface area contributed by atoms with Crippen molar-refractivity contribution in [1.82, 2.24) is 0 Å². The van der Waals surface area contributed by atoms with Gasteiger partial charge in [-0.15, -0.1) is 0 Å². The molecule has 122 valence electrons. The molecule has 0 radical (unpaired) electrons. The molecule has 0 unspecified atom stereocenters. The fraction of sp³-hybridized carbons (Fsp3) is 0.167. The summed E-state index contributed by atoms with van der Waals surface area (Å²) >= 11 is 0. The van der Waals surface area contributed by atoms with Crippen molar-refractivity contribution in [2.75, 3.05) is 18.7 Å². The summed E-state index contributed by atoms with van der Waals surface area (Å²) in [6, 6.07) is 16.0. The third-order valence-electron chi connectivity index (χ3n) is 3.89. The molecule has 1 atom stereocenters. The Morgan fingerprint density at radius 3 is 2.46 bits per heavy atom. The average molecular weight is 323 g/mol. The normalized spacial score (nSPS) is 16.6. The first-order valence-electron chi connectivity index (χ1n) is 7.50. The van der Waals surface area contributed by atoms with E-state index in [1.165, 1.54) is 0 Å². The van der Waals surface area contributed by atoms with Crippen LogP contribution in [-0.2, 0) is 4.79 Å². The number of Topliss-reactive ketones (excluding diaryl/α,β-unsaturated/α-hetero) is 1. The zero-order valence-electron chi connectivity index (χ0n) is 13.2. The fourth-order valence-electron chi connectivity index (χ4n) is 2.66. The van der Waals surface area contributed by atoms with Crippen LogP contribution < -0.4 is 15.5 Å². The highest BCUT2D eigenvalue weighted by atomic mass is 16.5. The Bertz CT molecular complexity index is 802. The lowest BCUT2D eigenvalue weighted by Crippen LogP contribution is -2.35. The number of benzene rings is 2. The zero-order valence-corrected chi connectivity index (χ0v) is 13.2. The Morgan fingerprint density at radius 2 is 1.79 bits per heavy atom. The van der Waals surface area contributed by atoms with Crippen LogP contribution in [0.5, 0.6) is 5.75 Å². The van der Waals surface area contributed by atoms with Gasteiger partial charge in [0, 0.05) is 5.56 Å². The first-order valence-corrected chi connectivity index (χ1v) is 7.50. The van der Waals surface area contributed by atoms with Gasteiger partial charge in [-0.1, -0.05) is 42.5 Å². The number of para-hydroxylation sites is 2. The number of methoxy groups -OCH3 is 1. The molecule has 1 aliphatic heterocycles. The van der Waals surface area contributed by atoms with Gasteiger partial charge in [-0.3, -0.25) is 14.6 Å². The molecule has 24 heavy (non-hydrogen) atoms. The van der Waals surface area contributed by atoms with Crippen LogP contribution in [-0.4, -0.2) is 31.1 Å². The van der Waals surface area contributed by atoms with Gasteiger partial charge in [0.25, 0.3) is 0 Å². The van der Waals surface area contributed by atoms with Crippen LogP contribution in [0.1, 0.15) is 10.4 Å². The molecule has 0 saturated carbocycles. The summed E-state index contributed by atoms with van der Waals surface area (Å²) in [5, 5.41) is 5.95. The first kappa shape index (κ1) is 15.7. The maximum atomic E-state index is 12.7. The number of primary amides is 1. The molecular formula is C18H17N3O3. The molecule has 0 fully saturated rings. The minimum atomic E-state index is -0.761. The van der Waals surface area contributed by atoms with Crippen LogP contribution in [0.4, 0.5) is 5.69 Å². The Labute approximate surface area is 139 Å². The summed E-state index contributed by atoms with van der Waals surface area (Å²) in [6.45, 7) is 0.212. The van der Waals surface area contributed by atoms with Crippen molar-refractivity contribution in [2.45, 2.75) is 0 Å². The van der Waals surface area contributed by atoms with Gasteiger partial charge in [0.1, 0.15) is 23.1 Å². The van der Waals surface area contributed by atoms with Gasteiger partial charge in [0.15, 0.2) is 0 Å². The molecule has 0 aliphatic carbocycles. The van der Waals surface area contributed by atoms with Gasteiger partial charge in [0.2, 0.25) is 11.7 Å². The molecule has 2 aromatic rings. The van der Waals surface area contributed by atoms with Crippen molar-refractivity contribution in [2.24, 2.45) is 16.8 Å². The number of nitrogens with zero attached hydrogens (tertiary/aromatic N) is 2. The van der Waals surface area contributed by atoms with Gasteiger partial charge in [-0.25, -0.2) is 0 Å². The van der Waals surface area contributed by atoms with Crippen LogP contribution >= 0.6 is 0 Å². The minimum Gasteiger partial charge on any atom is -0.495 e. The van der Waals surface area contributed by atoms with Crippen LogP contribution in [0.2, 0.25) is 0 Å². The monoisotopic (exact) mass is 323 g/mol. The Kier molecular flexibility index (Phi) is 4.29. The SMILES string of the molecule is COc1ccccc1N1C[C@@H](C(N)=O)C(C(=O)c2ccccc2)=N1. The number of ketones is 1. The van der Waals surface area contributed by atoms with E-state index in [-0.39, 0.29) is 18.0 Å². The fourth-order valence-corrected chi connectivity index (χ4v) is 2.66. The topological polar surface area (TPSA) is 85.0 Å². The van der Waals surface area contributed by atoms with Crippen LogP contribution in [0.25, 0.3) is 0 Å². The van der Waals surface area contributed by atoms with E-state index in [1.807, 2.05) is 24.3 Å². The number of nitrogens with two attached hydrogens (primary N) is 1. The highest BCUT2D eigenvalue weighted by Crippen LogP contribution is 2.31. The number of hydrazone groups is 1. The van der Waals surface area contributed by atoms with E-state index in [2.05, 4.69) is 5.10 Å². The average Bonchev–Trinajstić information content (AvgIpc) is 3.07. The van der Waals surface area contributed by atoms with Gasteiger partial charge < -0.3 is 10.5 Å². The van der Waals surface area contributed by atoms with Crippen molar-refractivity contribution in [3.63, 3.8) is 0 Å². The van der Waals surface area contributed by atoms with E-state index in [9.17, 15) is 9.59 Å². The highest BCUT2D eigenvalue weighted by Gasteiger charge is 2.37. The van der Waals surface area contributed by atoms with E-state index >= 15 is 0 Å². The predicted molar refractivity (Wildman–Crippen MR) is 91.2 cm³/mol. The summed E-state index contributed by atoms with van der Waals surface area (Å²) in [4.78, 5) is 24.5. The molecule has 1 heterocycles. The zero-order chi connectivity index (χ0) is 17.1. The molecule has 3 rings (SSSR count). The Balaban J connectivity index is 1.99. The first-order chi connectivity index (χ1) is 11.6. The molecule has 2 N–H and O–H groups in total. The number of amides is 1. The van der Waals surface area contributed by atoms with E-state index in [0.29, 0.717) is 17.0 Å². The summed E-state index contributed by atoms with van der Waals surface area (Å²) in [7, 11) is 1.56.